The third-order valence-corrected chi connectivity index (χ3v) is 3.92. The van der Waals surface area contributed by atoms with Crippen LogP contribution < -0.4 is 5.32 Å². The van der Waals surface area contributed by atoms with Gasteiger partial charge in [0.05, 0.1) is 11.6 Å². The van der Waals surface area contributed by atoms with Crippen molar-refractivity contribution in [2.75, 3.05) is 0 Å². The first kappa shape index (κ1) is 15.7. The average Bonchev–Trinajstić information content (AvgIpc) is 2.43. The number of nitrogens with one attached hydrogen (secondary N) is 1. The summed E-state index contributed by atoms with van der Waals surface area (Å²) in [4.78, 5) is 12.2. The van der Waals surface area contributed by atoms with Crippen molar-refractivity contribution in [3.63, 3.8) is 0 Å². The molecule has 0 fully saturated rings. The average molecular weight is 350 g/mol. The predicted molar refractivity (Wildman–Crippen MR) is 85.9 cm³/mol. The molecule has 110 valence electrons. The van der Waals surface area contributed by atoms with Crippen LogP contribution in [0.1, 0.15) is 40.0 Å². The minimum absolute atomic E-state index is 0.0431. The summed E-state index contributed by atoms with van der Waals surface area (Å²) in [7, 11) is 0. The summed E-state index contributed by atoms with van der Waals surface area (Å²) in [5, 5.41) is 2.85. The maximum absolute atomic E-state index is 13.7. The van der Waals surface area contributed by atoms with E-state index in [1.165, 1.54) is 12.1 Å². The lowest BCUT2D eigenvalue weighted by molar-refractivity contribution is 0.0935. The van der Waals surface area contributed by atoms with Crippen molar-refractivity contribution in [2.24, 2.45) is 0 Å². The van der Waals surface area contributed by atoms with Crippen molar-refractivity contribution in [3.05, 3.63) is 68.9 Å². The summed E-state index contributed by atoms with van der Waals surface area (Å²) in [5.74, 6) is -0.939. The second kappa shape index (κ2) is 6.39. The highest BCUT2D eigenvalue weighted by Crippen LogP contribution is 2.21. The Labute approximate surface area is 132 Å². The predicted octanol–water partition coefficient (Wildman–Crippen LogP) is 4.70. The number of benzene rings is 2. The van der Waals surface area contributed by atoms with Crippen LogP contribution in [0.3, 0.4) is 0 Å². The van der Waals surface area contributed by atoms with Gasteiger partial charge < -0.3 is 5.32 Å². The summed E-state index contributed by atoms with van der Waals surface area (Å²) in [5.41, 5.74) is 3.31. The quantitative estimate of drug-likeness (QED) is 0.855. The molecule has 0 bridgehead atoms. The summed E-state index contributed by atoms with van der Waals surface area (Å²) < 4.78 is 14.4. The Morgan fingerprint density at radius 2 is 1.90 bits per heavy atom. The minimum Gasteiger partial charge on any atom is -0.345 e. The lowest BCUT2D eigenvalue weighted by atomic mass is 9.99. The molecular formula is C17H17BrFNO. The summed E-state index contributed by atoms with van der Waals surface area (Å²) >= 11 is 3.25. The van der Waals surface area contributed by atoms with Crippen molar-refractivity contribution in [1.82, 2.24) is 5.32 Å². The van der Waals surface area contributed by atoms with E-state index < -0.39 is 11.7 Å². The van der Waals surface area contributed by atoms with E-state index in [1.807, 2.05) is 39.0 Å². The van der Waals surface area contributed by atoms with Gasteiger partial charge in [-0.3, -0.25) is 4.79 Å². The van der Waals surface area contributed by atoms with Crippen molar-refractivity contribution >= 4 is 21.8 Å². The van der Waals surface area contributed by atoms with Gasteiger partial charge in [-0.2, -0.15) is 0 Å². The van der Waals surface area contributed by atoms with Gasteiger partial charge in [0.2, 0.25) is 0 Å². The van der Waals surface area contributed by atoms with Crippen LogP contribution in [0.15, 0.2) is 40.9 Å². The molecule has 0 saturated heterocycles. The molecule has 0 heterocycles. The van der Waals surface area contributed by atoms with Crippen molar-refractivity contribution in [1.29, 1.82) is 0 Å². The number of halogens is 2. The first-order chi connectivity index (χ1) is 9.88. The van der Waals surface area contributed by atoms with Crippen LogP contribution in [0.25, 0.3) is 0 Å². The molecule has 0 radical (unpaired) electrons. The molecule has 0 aliphatic rings. The molecule has 2 aromatic carbocycles. The zero-order valence-corrected chi connectivity index (χ0v) is 13.8. The minimum atomic E-state index is -0.524. The topological polar surface area (TPSA) is 29.1 Å². The molecule has 0 spiro atoms. The van der Waals surface area contributed by atoms with E-state index in [0.717, 1.165) is 16.7 Å². The second-order valence-electron chi connectivity index (χ2n) is 5.18. The largest absolute Gasteiger partial charge is 0.345 e. The normalized spacial score (nSPS) is 12.0. The molecule has 1 unspecified atom stereocenters. The van der Waals surface area contributed by atoms with Gasteiger partial charge in [0.25, 0.3) is 5.91 Å². The second-order valence-corrected chi connectivity index (χ2v) is 6.10. The van der Waals surface area contributed by atoms with E-state index in [1.54, 1.807) is 6.07 Å². The fraction of sp³-hybridized carbons (Fsp3) is 0.235. The van der Waals surface area contributed by atoms with E-state index in [0.29, 0.717) is 4.47 Å². The van der Waals surface area contributed by atoms with Crippen molar-refractivity contribution < 1.29 is 9.18 Å². The van der Waals surface area contributed by atoms with E-state index in [2.05, 4.69) is 21.2 Å². The number of hydrogen-bond donors (Lipinski definition) is 1. The number of hydrogen-bond acceptors (Lipinski definition) is 1. The Morgan fingerprint density at radius 3 is 2.62 bits per heavy atom. The summed E-state index contributed by atoms with van der Waals surface area (Å²) in [6.45, 7) is 5.90. The Kier molecular flexibility index (Phi) is 4.78. The molecule has 0 aliphatic carbocycles. The molecule has 2 aromatic rings. The van der Waals surface area contributed by atoms with Gasteiger partial charge in [0.15, 0.2) is 0 Å². The van der Waals surface area contributed by atoms with Crippen LogP contribution in [0.2, 0.25) is 0 Å². The van der Waals surface area contributed by atoms with Crippen LogP contribution >= 0.6 is 15.9 Å². The number of carbonyl (C=O) groups is 1. The molecule has 1 N–H and O–H groups in total. The number of aryl methyl sites for hydroxylation is 2. The van der Waals surface area contributed by atoms with Crippen LogP contribution in [0.4, 0.5) is 4.39 Å². The smallest absolute Gasteiger partial charge is 0.254 e. The first-order valence-corrected chi connectivity index (χ1v) is 7.51. The third kappa shape index (κ3) is 3.70. The number of amides is 1. The fourth-order valence-electron chi connectivity index (χ4n) is 2.25. The van der Waals surface area contributed by atoms with Crippen LogP contribution in [0, 0.1) is 19.7 Å². The highest BCUT2D eigenvalue weighted by atomic mass is 79.9. The van der Waals surface area contributed by atoms with Gasteiger partial charge in [-0.15, -0.1) is 0 Å². The molecule has 1 amide bonds. The molecule has 0 saturated carbocycles. The Bertz CT molecular complexity index is 684. The molecule has 1 atom stereocenters. The zero-order chi connectivity index (χ0) is 15.6. The summed E-state index contributed by atoms with van der Waals surface area (Å²) in [6.07, 6.45) is 0. The Hall–Kier alpha value is -1.68. The van der Waals surface area contributed by atoms with E-state index in [9.17, 15) is 9.18 Å². The van der Waals surface area contributed by atoms with Crippen molar-refractivity contribution in [3.8, 4) is 0 Å². The van der Waals surface area contributed by atoms with E-state index in [4.69, 9.17) is 0 Å². The monoisotopic (exact) mass is 349 g/mol. The fourth-order valence-corrected chi connectivity index (χ4v) is 2.61. The van der Waals surface area contributed by atoms with Gasteiger partial charge in [0, 0.05) is 4.47 Å². The lowest BCUT2D eigenvalue weighted by Gasteiger charge is -2.17. The van der Waals surface area contributed by atoms with E-state index >= 15 is 0 Å². The lowest BCUT2D eigenvalue weighted by Crippen LogP contribution is -2.28. The molecule has 0 aromatic heterocycles. The van der Waals surface area contributed by atoms with Gasteiger partial charge in [-0.1, -0.05) is 39.7 Å². The van der Waals surface area contributed by atoms with Gasteiger partial charge in [-0.05, 0) is 50.1 Å². The van der Waals surface area contributed by atoms with Gasteiger partial charge in [-0.25, -0.2) is 4.39 Å². The SMILES string of the molecule is Cc1ccc(C)c(C(C)NC(=O)c2cc(Br)ccc2F)c1. The molecule has 2 rings (SSSR count). The van der Waals surface area contributed by atoms with Crippen LogP contribution in [-0.4, -0.2) is 5.91 Å². The Morgan fingerprint density at radius 1 is 1.19 bits per heavy atom. The summed E-state index contributed by atoms with van der Waals surface area (Å²) in [6, 6.07) is 10.2. The molecule has 21 heavy (non-hydrogen) atoms. The molecule has 0 aliphatic heterocycles. The van der Waals surface area contributed by atoms with Crippen LogP contribution in [0.5, 0.6) is 0 Å². The molecular weight excluding hydrogens is 333 g/mol. The number of rotatable bonds is 3. The number of carbonyl (C=O) groups excluding carboxylic acids is 1. The standard InChI is InChI=1S/C17H17BrFNO/c1-10-4-5-11(2)14(8-10)12(3)20-17(21)15-9-13(18)6-7-16(15)19/h4-9,12H,1-3H3,(H,20,21). The molecule has 2 nitrogen and oxygen atoms in total. The van der Waals surface area contributed by atoms with Gasteiger partial charge in [0.1, 0.15) is 5.82 Å². The third-order valence-electron chi connectivity index (χ3n) is 3.42. The van der Waals surface area contributed by atoms with Gasteiger partial charge >= 0.3 is 0 Å². The first-order valence-electron chi connectivity index (χ1n) is 6.71. The Balaban J connectivity index is 2.23. The van der Waals surface area contributed by atoms with Crippen LogP contribution in [-0.2, 0) is 0 Å². The van der Waals surface area contributed by atoms with Crippen molar-refractivity contribution in [2.45, 2.75) is 26.8 Å². The highest BCUT2D eigenvalue weighted by molar-refractivity contribution is 9.10. The molecule has 4 heteroatoms. The van der Waals surface area contributed by atoms with E-state index in [-0.39, 0.29) is 11.6 Å². The zero-order valence-electron chi connectivity index (χ0n) is 12.2. The highest BCUT2D eigenvalue weighted by Gasteiger charge is 2.16. The maximum atomic E-state index is 13.7. The maximum Gasteiger partial charge on any atom is 0.254 e.